The number of carboxylic acid groups (broad SMARTS) is 1. The first kappa shape index (κ1) is 11.5. The number of piperidine rings is 1. The number of rotatable bonds is 5. The summed E-state index contributed by atoms with van der Waals surface area (Å²) in [6.45, 7) is 3.14. The third-order valence-corrected chi connectivity index (χ3v) is 2.86. The summed E-state index contributed by atoms with van der Waals surface area (Å²) in [6, 6.07) is 0.658. The van der Waals surface area contributed by atoms with E-state index in [0.717, 1.165) is 26.1 Å². The van der Waals surface area contributed by atoms with Crippen LogP contribution in [0.25, 0.3) is 0 Å². The number of aliphatic carboxylic acids is 1. The van der Waals surface area contributed by atoms with Crippen LogP contribution >= 0.6 is 0 Å². The van der Waals surface area contributed by atoms with Gasteiger partial charge in [0, 0.05) is 12.5 Å². The van der Waals surface area contributed by atoms with Gasteiger partial charge in [0.25, 0.3) is 0 Å². The van der Waals surface area contributed by atoms with E-state index in [-0.39, 0.29) is 0 Å². The first-order valence-electron chi connectivity index (χ1n) is 5.34. The molecule has 0 aromatic rings. The third kappa shape index (κ3) is 4.07. The lowest BCUT2D eigenvalue weighted by Crippen LogP contribution is -2.41. The molecule has 4 heteroatoms. The predicted octanol–water partition coefficient (Wildman–Crippen LogP) is 0.535. The van der Waals surface area contributed by atoms with Crippen molar-refractivity contribution in [1.82, 2.24) is 10.2 Å². The second kappa shape index (κ2) is 5.98. The molecule has 1 saturated heterocycles. The Balaban J connectivity index is 2.07. The number of hydrogen-bond acceptors (Lipinski definition) is 3. The van der Waals surface area contributed by atoms with E-state index >= 15 is 0 Å². The van der Waals surface area contributed by atoms with E-state index in [9.17, 15) is 4.79 Å². The second-order valence-corrected chi connectivity index (χ2v) is 3.90. The molecule has 0 aromatic carbocycles. The molecule has 0 aliphatic carbocycles. The maximum atomic E-state index is 10.3. The zero-order valence-electron chi connectivity index (χ0n) is 8.83. The molecule has 0 spiro atoms. The molecule has 1 rings (SSSR count). The highest BCUT2D eigenvalue weighted by Gasteiger charge is 2.16. The Bertz CT molecular complexity index is 177. The van der Waals surface area contributed by atoms with Crippen LogP contribution in [0.4, 0.5) is 0 Å². The van der Waals surface area contributed by atoms with Crippen molar-refractivity contribution in [2.24, 2.45) is 0 Å². The summed E-state index contributed by atoms with van der Waals surface area (Å²) in [6.07, 6.45) is 3.44. The number of hydrogen-bond donors (Lipinski definition) is 2. The quantitative estimate of drug-likeness (QED) is 0.680. The van der Waals surface area contributed by atoms with Gasteiger partial charge in [0.1, 0.15) is 0 Å². The lowest BCUT2D eigenvalue weighted by atomic mass is 10.1. The molecular weight excluding hydrogens is 180 g/mol. The molecular formula is C10H20N2O2. The molecule has 0 unspecified atom stereocenters. The monoisotopic (exact) mass is 200 g/mol. The zero-order valence-corrected chi connectivity index (χ0v) is 8.83. The van der Waals surface area contributed by atoms with Gasteiger partial charge in [-0.15, -0.1) is 0 Å². The van der Waals surface area contributed by atoms with E-state index < -0.39 is 5.97 Å². The highest BCUT2D eigenvalue weighted by Crippen LogP contribution is 2.10. The molecule has 0 atom stereocenters. The van der Waals surface area contributed by atoms with Crippen molar-refractivity contribution in [2.45, 2.75) is 31.7 Å². The summed E-state index contributed by atoms with van der Waals surface area (Å²) < 4.78 is 0. The lowest BCUT2D eigenvalue weighted by Gasteiger charge is -2.31. The van der Waals surface area contributed by atoms with Crippen LogP contribution < -0.4 is 5.32 Å². The van der Waals surface area contributed by atoms with Crippen molar-refractivity contribution in [2.75, 3.05) is 26.7 Å². The summed E-state index contributed by atoms with van der Waals surface area (Å²) in [5, 5.41) is 11.8. The van der Waals surface area contributed by atoms with Gasteiger partial charge in [-0.05, 0) is 45.9 Å². The average Bonchev–Trinajstić information content (AvgIpc) is 2.18. The van der Waals surface area contributed by atoms with Gasteiger partial charge >= 0.3 is 5.97 Å². The minimum absolute atomic E-state index is 0.298. The van der Waals surface area contributed by atoms with Gasteiger partial charge in [0.05, 0.1) is 0 Å². The topological polar surface area (TPSA) is 52.6 Å². The Hall–Kier alpha value is -0.610. The van der Waals surface area contributed by atoms with Crippen molar-refractivity contribution in [3.8, 4) is 0 Å². The number of likely N-dealkylation sites (tertiary alicyclic amines) is 1. The molecule has 4 nitrogen and oxygen atoms in total. The number of carbonyl (C=O) groups is 1. The van der Waals surface area contributed by atoms with Crippen LogP contribution in [-0.4, -0.2) is 48.7 Å². The van der Waals surface area contributed by atoms with Gasteiger partial charge in [-0.25, -0.2) is 0 Å². The highest BCUT2D eigenvalue weighted by molar-refractivity contribution is 5.66. The molecule has 0 aromatic heterocycles. The van der Waals surface area contributed by atoms with Gasteiger partial charge in [-0.2, -0.15) is 0 Å². The molecule has 1 aliphatic heterocycles. The van der Waals surface area contributed by atoms with Crippen LogP contribution in [0, 0.1) is 0 Å². The Labute approximate surface area is 85.3 Å². The van der Waals surface area contributed by atoms with E-state index in [1.807, 2.05) is 7.05 Å². The van der Waals surface area contributed by atoms with E-state index in [2.05, 4.69) is 10.2 Å². The standard InChI is InChI=1S/C10H20N2O2/c1-11-9-4-7-12(8-5-9)6-2-3-10(13)14/h9,11H,2-8H2,1H3,(H,13,14). The number of nitrogens with zero attached hydrogens (tertiary/aromatic N) is 1. The largest absolute Gasteiger partial charge is 0.481 e. The van der Waals surface area contributed by atoms with Crippen LogP contribution in [0.15, 0.2) is 0 Å². The molecule has 0 radical (unpaired) electrons. The first-order valence-corrected chi connectivity index (χ1v) is 5.34. The maximum absolute atomic E-state index is 10.3. The summed E-state index contributed by atoms with van der Waals surface area (Å²) in [5.74, 6) is -0.685. The highest BCUT2D eigenvalue weighted by atomic mass is 16.4. The summed E-state index contributed by atoms with van der Waals surface area (Å²) in [5.41, 5.74) is 0. The number of nitrogens with one attached hydrogen (secondary N) is 1. The van der Waals surface area contributed by atoms with Crippen molar-refractivity contribution < 1.29 is 9.90 Å². The van der Waals surface area contributed by atoms with E-state index in [1.54, 1.807) is 0 Å². The van der Waals surface area contributed by atoms with Crippen molar-refractivity contribution in [1.29, 1.82) is 0 Å². The summed E-state index contributed by atoms with van der Waals surface area (Å²) in [7, 11) is 2.00. The fourth-order valence-electron chi connectivity index (χ4n) is 1.90. The predicted molar refractivity (Wildman–Crippen MR) is 55.4 cm³/mol. The van der Waals surface area contributed by atoms with Crippen LogP contribution in [0.3, 0.4) is 0 Å². The SMILES string of the molecule is CNC1CCN(CCCC(=O)O)CC1. The molecule has 0 saturated carbocycles. The Kier molecular flexibility index (Phi) is 4.90. The van der Waals surface area contributed by atoms with Crippen LogP contribution in [0.1, 0.15) is 25.7 Å². The van der Waals surface area contributed by atoms with E-state index in [4.69, 9.17) is 5.11 Å². The molecule has 0 amide bonds. The average molecular weight is 200 g/mol. The minimum atomic E-state index is -0.685. The lowest BCUT2D eigenvalue weighted by molar-refractivity contribution is -0.137. The molecule has 14 heavy (non-hydrogen) atoms. The smallest absolute Gasteiger partial charge is 0.303 e. The van der Waals surface area contributed by atoms with Crippen molar-refractivity contribution in [3.63, 3.8) is 0 Å². The van der Waals surface area contributed by atoms with E-state index in [1.165, 1.54) is 12.8 Å². The fraction of sp³-hybridized carbons (Fsp3) is 0.900. The summed E-state index contributed by atoms with van der Waals surface area (Å²) >= 11 is 0. The Morgan fingerprint density at radius 3 is 2.64 bits per heavy atom. The van der Waals surface area contributed by atoms with Crippen molar-refractivity contribution >= 4 is 5.97 Å². The first-order chi connectivity index (χ1) is 6.72. The molecule has 0 bridgehead atoms. The molecule has 1 aliphatic rings. The molecule has 2 N–H and O–H groups in total. The van der Waals surface area contributed by atoms with Gasteiger partial charge < -0.3 is 15.3 Å². The van der Waals surface area contributed by atoms with Crippen LogP contribution in [0.5, 0.6) is 0 Å². The van der Waals surface area contributed by atoms with E-state index in [0.29, 0.717) is 12.5 Å². The van der Waals surface area contributed by atoms with Gasteiger partial charge in [-0.1, -0.05) is 0 Å². The van der Waals surface area contributed by atoms with Gasteiger partial charge in [-0.3, -0.25) is 4.79 Å². The normalized spacial score (nSPS) is 19.8. The van der Waals surface area contributed by atoms with Crippen molar-refractivity contribution in [3.05, 3.63) is 0 Å². The summed E-state index contributed by atoms with van der Waals surface area (Å²) in [4.78, 5) is 12.7. The van der Waals surface area contributed by atoms with Gasteiger partial charge in [0.2, 0.25) is 0 Å². The fourth-order valence-corrected chi connectivity index (χ4v) is 1.90. The Morgan fingerprint density at radius 2 is 2.14 bits per heavy atom. The minimum Gasteiger partial charge on any atom is -0.481 e. The second-order valence-electron chi connectivity index (χ2n) is 3.90. The molecule has 1 heterocycles. The van der Waals surface area contributed by atoms with Crippen LogP contribution in [-0.2, 0) is 4.79 Å². The van der Waals surface area contributed by atoms with Gasteiger partial charge in [0.15, 0.2) is 0 Å². The maximum Gasteiger partial charge on any atom is 0.303 e. The third-order valence-electron chi connectivity index (χ3n) is 2.86. The van der Waals surface area contributed by atoms with Crippen LogP contribution in [0.2, 0.25) is 0 Å². The number of carboxylic acids is 1. The molecule has 1 fully saturated rings. The Morgan fingerprint density at radius 1 is 1.50 bits per heavy atom. The molecule has 82 valence electrons. The zero-order chi connectivity index (χ0) is 10.4.